The molecule has 0 heterocycles. The van der Waals surface area contributed by atoms with Crippen molar-refractivity contribution in [1.82, 2.24) is 31.9 Å². The van der Waals surface area contributed by atoms with Crippen LogP contribution in [0.3, 0.4) is 0 Å². The first-order valence-electron chi connectivity index (χ1n) is 17.2. The lowest BCUT2D eigenvalue weighted by molar-refractivity contribution is -0.128. The molecule has 1 atom stereocenters. The molecule has 0 aromatic heterocycles. The Morgan fingerprint density at radius 1 is 0.760 bits per heavy atom. The Labute approximate surface area is 296 Å². The summed E-state index contributed by atoms with van der Waals surface area (Å²) >= 11 is 0. The number of amides is 2. The molecule has 2 aromatic carbocycles. The van der Waals surface area contributed by atoms with E-state index in [0.29, 0.717) is 25.0 Å². The predicted octanol–water partition coefficient (Wildman–Crippen LogP) is 2.66. The highest BCUT2D eigenvalue weighted by Crippen LogP contribution is 2.40. The van der Waals surface area contributed by atoms with E-state index in [-0.39, 0.29) is 34.7 Å². The van der Waals surface area contributed by atoms with Gasteiger partial charge in [0.25, 0.3) is 0 Å². The second-order valence-corrected chi connectivity index (χ2v) is 13.1. The van der Waals surface area contributed by atoms with E-state index in [0.717, 1.165) is 51.4 Å². The summed E-state index contributed by atoms with van der Waals surface area (Å²) in [5.74, 6) is 0.645. The standard InChI is InChI=1S/C19H27N5O2.C18H25N5O/c1-14(25)17(26)22-12-19(15-6-4-3-5-7-15)10-8-16(9-11-19)24-18(21-2)23-13-20;1-14(24)21-12-18(15-6-4-3-5-7-15)10-8-16(9-11-18)23-17(20-2)22-13-19/h3-7,14,16,25H,8-12H2,1-2H3,(H,22,26)(H2,21,23,24);3-7,16H,8-12H2,1-2H3,(H,21,24)(H2,20,22,23). The van der Waals surface area contributed by atoms with E-state index in [1.165, 1.54) is 18.1 Å². The van der Waals surface area contributed by atoms with Gasteiger partial charge in [0, 0.05) is 57.0 Å². The summed E-state index contributed by atoms with van der Waals surface area (Å²) in [5, 5.41) is 44.5. The molecule has 2 amide bonds. The van der Waals surface area contributed by atoms with Crippen molar-refractivity contribution >= 4 is 23.7 Å². The maximum atomic E-state index is 11.9. The molecule has 2 saturated carbocycles. The first-order valence-corrected chi connectivity index (χ1v) is 17.2. The third-order valence-corrected chi connectivity index (χ3v) is 9.79. The van der Waals surface area contributed by atoms with Gasteiger partial charge >= 0.3 is 0 Å². The Kier molecular flexibility index (Phi) is 15.5. The number of nitriles is 2. The average molecular weight is 685 g/mol. The highest BCUT2D eigenvalue weighted by atomic mass is 16.3. The fraction of sp³-hybridized carbons (Fsp3) is 0.514. The van der Waals surface area contributed by atoms with Crippen LogP contribution in [0.4, 0.5) is 0 Å². The predicted molar refractivity (Wildman–Crippen MR) is 195 cm³/mol. The van der Waals surface area contributed by atoms with Gasteiger partial charge < -0.3 is 26.4 Å². The van der Waals surface area contributed by atoms with Gasteiger partial charge in [0.2, 0.25) is 23.7 Å². The van der Waals surface area contributed by atoms with E-state index >= 15 is 0 Å². The van der Waals surface area contributed by atoms with Crippen molar-refractivity contribution in [2.24, 2.45) is 9.98 Å². The van der Waals surface area contributed by atoms with Gasteiger partial charge in [-0.1, -0.05) is 60.7 Å². The second kappa shape index (κ2) is 19.8. The fourth-order valence-electron chi connectivity index (χ4n) is 6.85. The van der Waals surface area contributed by atoms with Gasteiger partial charge in [-0.15, -0.1) is 0 Å². The molecule has 13 nitrogen and oxygen atoms in total. The lowest BCUT2D eigenvalue weighted by Gasteiger charge is -2.41. The summed E-state index contributed by atoms with van der Waals surface area (Å²) in [6, 6.07) is 21.1. The van der Waals surface area contributed by atoms with Crippen LogP contribution in [-0.2, 0) is 20.4 Å². The summed E-state index contributed by atoms with van der Waals surface area (Å²) < 4.78 is 0. The molecule has 0 bridgehead atoms. The monoisotopic (exact) mass is 684 g/mol. The number of rotatable bonds is 9. The number of nitrogens with zero attached hydrogens (tertiary/aromatic N) is 4. The first-order chi connectivity index (χ1) is 24.1. The van der Waals surface area contributed by atoms with Gasteiger partial charge in [0.1, 0.15) is 6.10 Å². The van der Waals surface area contributed by atoms with Gasteiger partial charge in [-0.2, -0.15) is 10.5 Å². The number of hydrogen-bond acceptors (Lipinski definition) is 7. The number of hydrogen-bond donors (Lipinski definition) is 7. The molecule has 0 saturated heterocycles. The molecule has 7 N–H and O–H groups in total. The summed E-state index contributed by atoms with van der Waals surface area (Å²) in [4.78, 5) is 31.3. The molecule has 2 fully saturated rings. The largest absolute Gasteiger partial charge is 0.384 e. The van der Waals surface area contributed by atoms with E-state index in [1.54, 1.807) is 21.0 Å². The SMILES string of the molecule is CN=C(NC#N)NC1CCC(CNC(=O)C(C)O)(c2ccccc2)CC1.CN=C(NC#N)NC1CCC(CNC(C)=O)(c2ccccc2)CC1. The Hall–Kier alpha value is -5.14. The molecule has 2 aromatic rings. The molecule has 13 heteroatoms. The van der Waals surface area contributed by atoms with Crippen LogP contribution in [0.2, 0.25) is 0 Å². The van der Waals surface area contributed by atoms with E-state index in [9.17, 15) is 14.7 Å². The number of carbonyl (C=O) groups is 2. The Morgan fingerprint density at radius 2 is 1.14 bits per heavy atom. The van der Waals surface area contributed by atoms with Gasteiger partial charge in [-0.25, -0.2) is 0 Å². The van der Waals surface area contributed by atoms with Crippen LogP contribution in [0, 0.1) is 22.9 Å². The molecule has 0 spiro atoms. The number of nitrogens with one attached hydrogen (secondary N) is 6. The highest BCUT2D eigenvalue weighted by Gasteiger charge is 2.38. The van der Waals surface area contributed by atoms with Crippen LogP contribution >= 0.6 is 0 Å². The molecule has 2 aliphatic carbocycles. The minimum absolute atomic E-state index is 0.00387. The van der Waals surface area contributed by atoms with Gasteiger partial charge in [0.05, 0.1) is 0 Å². The summed E-state index contributed by atoms with van der Waals surface area (Å²) in [6.07, 6.45) is 10.2. The molecule has 0 radical (unpaired) electrons. The zero-order valence-electron chi connectivity index (χ0n) is 29.6. The maximum Gasteiger partial charge on any atom is 0.248 e. The van der Waals surface area contributed by atoms with Crippen molar-refractivity contribution in [1.29, 1.82) is 10.5 Å². The van der Waals surface area contributed by atoms with Crippen LogP contribution < -0.4 is 31.9 Å². The maximum absolute atomic E-state index is 11.9. The minimum Gasteiger partial charge on any atom is -0.384 e. The van der Waals surface area contributed by atoms with Crippen LogP contribution in [0.25, 0.3) is 0 Å². The summed E-state index contributed by atoms with van der Waals surface area (Å²) in [6.45, 7) is 4.19. The molecule has 2 aliphatic rings. The van der Waals surface area contributed by atoms with Crippen molar-refractivity contribution < 1.29 is 14.7 Å². The Balaban J connectivity index is 0.000000271. The van der Waals surface area contributed by atoms with Crippen molar-refractivity contribution in [3.63, 3.8) is 0 Å². The van der Waals surface area contributed by atoms with E-state index in [2.05, 4.69) is 66.2 Å². The van der Waals surface area contributed by atoms with E-state index in [1.807, 2.05) is 48.8 Å². The third-order valence-electron chi connectivity index (χ3n) is 9.79. The van der Waals surface area contributed by atoms with Crippen LogP contribution in [0.15, 0.2) is 70.6 Å². The Morgan fingerprint density at radius 3 is 1.46 bits per heavy atom. The van der Waals surface area contributed by atoms with E-state index in [4.69, 9.17) is 10.5 Å². The number of aliphatic hydroxyl groups excluding tert-OH is 1. The molecule has 50 heavy (non-hydrogen) atoms. The third kappa shape index (κ3) is 11.5. The smallest absolute Gasteiger partial charge is 0.248 e. The first kappa shape index (κ1) is 39.3. The van der Waals surface area contributed by atoms with Crippen LogP contribution in [0.1, 0.15) is 76.3 Å². The fourth-order valence-corrected chi connectivity index (χ4v) is 6.85. The van der Waals surface area contributed by atoms with Crippen LogP contribution in [0.5, 0.6) is 0 Å². The minimum atomic E-state index is -1.01. The molecule has 0 aliphatic heterocycles. The van der Waals surface area contributed by atoms with Gasteiger partial charge in [-0.3, -0.25) is 30.2 Å². The van der Waals surface area contributed by atoms with Gasteiger partial charge in [-0.05, 0) is 69.4 Å². The highest BCUT2D eigenvalue weighted by molar-refractivity contribution is 5.82. The number of aliphatic hydroxyl groups is 1. The Bertz CT molecular complexity index is 1500. The lowest BCUT2D eigenvalue weighted by Crippen LogP contribution is -2.50. The van der Waals surface area contributed by atoms with Crippen LogP contribution in [-0.4, -0.2) is 74.2 Å². The van der Waals surface area contributed by atoms with Crippen molar-refractivity contribution in [3.8, 4) is 12.4 Å². The second-order valence-electron chi connectivity index (χ2n) is 13.1. The number of aliphatic imine (C=N–C) groups is 2. The van der Waals surface area contributed by atoms with Gasteiger partial charge in [0.15, 0.2) is 12.4 Å². The molecular weight excluding hydrogens is 632 g/mol. The van der Waals surface area contributed by atoms with Crippen molar-refractivity contribution in [3.05, 3.63) is 71.8 Å². The lowest BCUT2D eigenvalue weighted by atomic mass is 9.68. The zero-order valence-corrected chi connectivity index (χ0v) is 29.6. The molecular formula is C37H52N10O3. The van der Waals surface area contributed by atoms with Crippen molar-refractivity contribution in [2.75, 3.05) is 27.2 Å². The molecule has 268 valence electrons. The summed E-state index contributed by atoms with van der Waals surface area (Å²) in [7, 11) is 3.29. The molecule has 1 unspecified atom stereocenters. The number of carbonyl (C=O) groups excluding carboxylic acids is 2. The average Bonchev–Trinajstić information content (AvgIpc) is 3.14. The zero-order chi connectivity index (χ0) is 36.4. The summed E-state index contributed by atoms with van der Waals surface area (Å²) in [5.41, 5.74) is 2.29. The number of benzene rings is 2. The molecule has 4 rings (SSSR count). The normalized spacial score (nSPS) is 24.1. The quantitative estimate of drug-likeness (QED) is 0.0898. The van der Waals surface area contributed by atoms with Crippen molar-refractivity contribution in [2.45, 2.75) is 94.2 Å². The topological polar surface area (TPSA) is 199 Å². The number of guanidine groups is 2. The van der Waals surface area contributed by atoms with E-state index < -0.39 is 6.10 Å².